The molecule has 2 aliphatic rings. The van der Waals surface area contributed by atoms with Crippen LogP contribution in [0.4, 0.5) is 4.39 Å². The van der Waals surface area contributed by atoms with Crippen LogP contribution in [0.3, 0.4) is 0 Å². The monoisotopic (exact) mass is 174 g/mol. The maximum absolute atomic E-state index is 13.8. The van der Waals surface area contributed by atoms with Crippen molar-refractivity contribution in [3.05, 3.63) is 0 Å². The van der Waals surface area contributed by atoms with Gasteiger partial charge in [0, 0.05) is 6.42 Å². The minimum atomic E-state index is -1.86. The molecule has 0 saturated carbocycles. The van der Waals surface area contributed by atoms with Gasteiger partial charge in [0.15, 0.2) is 0 Å². The Morgan fingerprint density at radius 3 is 2.83 bits per heavy atom. The van der Waals surface area contributed by atoms with E-state index in [0.717, 1.165) is 6.42 Å². The molecule has 2 aliphatic heterocycles. The zero-order chi connectivity index (χ0) is 8.77. The van der Waals surface area contributed by atoms with Crippen LogP contribution in [0.1, 0.15) is 19.3 Å². The largest absolute Gasteiger partial charge is 0.467 e. The quantitative estimate of drug-likeness (QED) is 0.552. The van der Waals surface area contributed by atoms with E-state index in [9.17, 15) is 9.18 Å². The Balaban J connectivity index is 2.17. The number of esters is 1. The highest BCUT2D eigenvalue weighted by molar-refractivity contribution is 5.81. The molecule has 2 rings (SSSR count). The highest BCUT2D eigenvalue weighted by Crippen LogP contribution is 2.44. The summed E-state index contributed by atoms with van der Waals surface area (Å²) in [6.45, 7) is 0. The lowest BCUT2D eigenvalue weighted by Gasteiger charge is -2.23. The smallest absolute Gasteiger partial charge is 0.346 e. The van der Waals surface area contributed by atoms with Gasteiger partial charge in [-0.25, -0.2) is 9.18 Å². The number of methoxy groups -OCH3 is 1. The first kappa shape index (κ1) is 7.98. The van der Waals surface area contributed by atoms with Crippen LogP contribution in [0.25, 0.3) is 0 Å². The maximum atomic E-state index is 13.8. The molecule has 2 fully saturated rings. The molecule has 3 nitrogen and oxygen atoms in total. The average Bonchev–Trinajstić information content (AvgIpc) is 2.62. The second-order valence-corrected chi connectivity index (χ2v) is 3.38. The van der Waals surface area contributed by atoms with Crippen LogP contribution < -0.4 is 0 Å². The minimum absolute atomic E-state index is 0.0703. The van der Waals surface area contributed by atoms with Gasteiger partial charge in [-0.15, -0.1) is 0 Å². The maximum Gasteiger partial charge on any atom is 0.346 e. The van der Waals surface area contributed by atoms with Gasteiger partial charge in [-0.2, -0.15) is 0 Å². The molecule has 0 aromatic rings. The molecular formula is C8H11FO3. The van der Waals surface area contributed by atoms with Crippen LogP contribution in [-0.2, 0) is 14.3 Å². The lowest BCUT2D eigenvalue weighted by atomic mass is 9.86. The molecular weight excluding hydrogens is 163 g/mol. The molecule has 0 radical (unpaired) electrons. The Labute approximate surface area is 69.8 Å². The van der Waals surface area contributed by atoms with E-state index in [1.54, 1.807) is 0 Å². The van der Waals surface area contributed by atoms with Gasteiger partial charge in [0.1, 0.15) is 6.10 Å². The number of fused-ring (bicyclic) bond motifs is 2. The van der Waals surface area contributed by atoms with Crippen molar-refractivity contribution >= 4 is 5.97 Å². The van der Waals surface area contributed by atoms with Crippen molar-refractivity contribution in [1.82, 2.24) is 0 Å². The molecule has 68 valence electrons. The molecule has 3 atom stereocenters. The van der Waals surface area contributed by atoms with Crippen molar-refractivity contribution in [3.63, 3.8) is 0 Å². The Bertz CT molecular complexity index is 218. The van der Waals surface area contributed by atoms with E-state index in [4.69, 9.17) is 4.74 Å². The molecule has 2 bridgehead atoms. The molecule has 0 aromatic carbocycles. The molecule has 4 heteroatoms. The molecule has 0 unspecified atom stereocenters. The lowest BCUT2D eigenvalue weighted by Crippen LogP contribution is -2.43. The summed E-state index contributed by atoms with van der Waals surface area (Å²) in [5, 5.41) is 0. The standard InChI is InChI=1S/C8H11FO3/c1-11-7(10)8(9)4-5-2-3-6(8)12-5/h5-6H,2-4H2,1H3/t5-,6+,8+/m0/s1. The van der Waals surface area contributed by atoms with Crippen LogP contribution in [-0.4, -0.2) is 31.0 Å². The summed E-state index contributed by atoms with van der Waals surface area (Å²) >= 11 is 0. The van der Waals surface area contributed by atoms with E-state index in [1.807, 2.05) is 0 Å². The highest BCUT2D eigenvalue weighted by Gasteiger charge is 2.59. The van der Waals surface area contributed by atoms with Gasteiger partial charge in [-0.1, -0.05) is 0 Å². The van der Waals surface area contributed by atoms with Crippen molar-refractivity contribution in [2.75, 3.05) is 7.11 Å². The predicted molar refractivity (Wildman–Crippen MR) is 38.4 cm³/mol. The van der Waals surface area contributed by atoms with Crippen molar-refractivity contribution in [2.24, 2.45) is 0 Å². The van der Waals surface area contributed by atoms with Crippen LogP contribution in [0, 0.1) is 0 Å². The average molecular weight is 174 g/mol. The second kappa shape index (κ2) is 2.42. The highest BCUT2D eigenvalue weighted by atomic mass is 19.1. The molecule has 0 amide bonds. The van der Waals surface area contributed by atoms with E-state index in [2.05, 4.69) is 4.74 Å². The fraction of sp³-hybridized carbons (Fsp3) is 0.875. The SMILES string of the molecule is COC(=O)[C@@]1(F)C[C@@H]2CC[C@H]1O2. The van der Waals surface area contributed by atoms with Crippen molar-refractivity contribution in [3.8, 4) is 0 Å². The van der Waals surface area contributed by atoms with Crippen LogP contribution in [0.5, 0.6) is 0 Å². The van der Waals surface area contributed by atoms with E-state index < -0.39 is 17.7 Å². The summed E-state index contributed by atoms with van der Waals surface area (Å²) in [6.07, 6.45) is 1.04. The van der Waals surface area contributed by atoms with Crippen LogP contribution in [0.2, 0.25) is 0 Å². The summed E-state index contributed by atoms with van der Waals surface area (Å²) < 4.78 is 23.4. The zero-order valence-electron chi connectivity index (χ0n) is 6.88. The number of carbonyl (C=O) groups is 1. The molecule has 0 aliphatic carbocycles. The number of ether oxygens (including phenoxy) is 2. The molecule has 12 heavy (non-hydrogen) atoms. The number of alkyl halides is 1. The van der Waals surface area contributed by atoms with Crippen molar-refractivity contribution in [2.45, 2.75) is 37.1 Å². The summed E-state index contributed by atoms with van der Waals surface area (Å²) in [5.74, 6) is -0.783. The van der Waals surface area contributed by atoms with Gasteiger partial charge >= 0.3 is 5.97 Å². The van der Waals surface area contributed by atoms with Gasteiger partial charge < -0.3 is 9.47 Å². The number of halogens is 1. The van der Waals surface area contributed by atoms with Gasteiger partial charge in [0.2, 0.25) is 5.67 Å². The molecule has 2 saturated heterocycles. The summed E-state index contributed by atoms with van der Waals surface area (Å²) in [4.78, 5) is 11.0. The number of hydrogen-bond acceptors (Lipinski definition) is 3. The fourth-order valence-electron chi connectivity index (χ4n) is 2.04. The molecule has 2 heterocycles. The van der Waals surface area contributed by atoms with Gasteiger partial charge in [0.05, 0.1) is 13.2 Å². The molecule has 0 aromatic heterocycles. The minimum Gasteiger partial charge on any atom is -0.467 e. The third kappa shape index (κ3) is 0.874. The van der Waals surface area contributed by atoms with Crippen LogP contribution in [0.15, 0.2) is 0 Å². The fourth-order valence-corrected chi connectivity index (χ4v) is 2.04. The van der Waals surface area contributed by atoms with Gasteiger partial charge in [-0.3, -0.25) is 0 Å². The third-order valence-electron chi connectivity index (χ3n) is 2.67. The van der Waals surface area contributed by atoms with E-state index in [-0.39, 0.29) is 12.5 Å². The van der Waals surface area contributed by atoms with Gasteiger partial charge in [0.25, 0.3) is 0 Å². The van der Waals surface area contributed by atoms with Crippen LogP contribution >= 0.6 is 0 Å². The van der Waals surface area contributed by atoms with E-state index >= 15 is 0 Å². The molecule has 0 spiro atoms. The summed E-state index contributed by atoms with van der Waals surface area (Å²) in [7, 11) is 1.20. The third-order valence-corrected chi connectivity index (χ3v) is 2.67. The number of hydrogen-bond donors (Lipinski definition) is 0. The Kier molecular flexibility index (Phi) is 1.61. The second-order valence-electron chi connectivity index (χ2n) is 3.38. The zero-order valence-corrected chi connectivity index (χ0v) is 6.88. The topological polar surface area (TPSA) is 35.5 Å². The first-order valence-corrected chi connectivity index (χ1v) is 4.09. The molecule has 0 N–H and O–H groups in total. The lowest BCUT2D eigenvalue weighted by molar-refractivity contribution is -0.158. The van der Waals surface area contributed by atoms with Crippen molar-refractivity contribution < 1.29 is 18.7 Å². The van der Waals surface area contributed by atoms with E-state index in [0.29, 0.717) is 6.42 Å². The summed E-state index contributed by atoms with van der Waals surface area (Å²) in [6, 6.07) is 0. The summed E-state index contributed by atoms with van der Waals surface area (Å²) in [5.41, 5.74) is -1.86. The first-order chi connectivity index (χ1) is 5.66. The Morgan fingerprint density at radius 2 is 2.42 bits per heavy atom. The predicted octanol–water partition coefficient (Wildman–Crippen LogP) is 0.819. The number of carbonyl (C=O) groups excluding carboxylic acids is 1. The van der Waals surface area contributed by atoms with Crippen molar-refractivity contribution in [1.29, 1.82) is 0 Å². The number of rotatable bonds is 1. The normalized spacial score (nSPS) is 44.8. The first-order valence-electron chi connectivity index (χ1n) is 4.09. The Hall–Kier alpha value is -0.640. The van der Waals surface area contributed by atoms with Gasteiger partial charge in [-0.05, 0) is 12.8 Å². The van der Waals surface area contributed by atoms with E-state index in [1.165, 1.54) is 7.11 Å². The Morgan fingerprint density at radius 1 is 1.67 bits per heavy atom.